The molecule has 1 saturated heterocycles. The van der Waals surface area contributed by atoms with Gasteiger partial charge in [-0.2, -0.15) is 4.31 Å². The monoisotopic (exact) mass is 465 g/mol. The summed E-state index contributed by atoms with van der Waals surface area (Å²) in [5.41, 5.74) is 0.550. The summed E-state index contributed by atoms with van der Waals surface area (Å²) in [6.07, 6.45) is 3.11. The van der Waals surface area contributed by atoms with Crippen molar-refractivity contribution < 1.29 is 21.6 Å². The SMILES string of the molecule is NS(=O)(=O)c1ccc(OCCN2CCN(S(=O)(=O)c3c[nH]c4ncccc34)CC2)cc1. The van der Waals surface area contributed by atoms with E-state index in [1.165, 1.54) is 22.6 Å². The van der Waals surface area contributed by atoms with Crippen LogP contribution in [-0.2, 0) is 20.0 Å². The van der Waals surface area contributed by atoms with E-state index in [1.54, 1.807) is 30.5 Å². The van der Waals surface area contributed by atoms with Crippen LogP contribution in [0.3, 0.4) is 0 Å². The van der Waals surface area contributed by atoms with Crippen LogP contribution < -0.4 is 9.88 Å². The molecule has 0 bridgehead atoms. The second-order valence-corrected chi connectivity index (χ2v) is 10.6. The Balaban J connectivity index is 1.30. The highest BCUT2D eigenvalue weighted by molar-refractivity contribution is 7.89. The molecular weight excluding hydrogens is 442 g/mol. The van der Waals surface area contributed by atoms with E-state index in [2.05, 4.69) is 14.9 Å². The van der Waals surface area contributed by atoms with Crippen molar-refractivity contribution in [3.8, 4) is 5.75 Å². The average molecular weight is 466 g/mol. The summed E-state index contributed by atoms with van der Waals surface area (Å²) in [7, 11) is -7.33. The molecule has 3 N–H and O–H groups in total. The number of fused-ring (bicyclic) bond motifs is 1. The Morgan fingerprint density at radius 1 is 1.03 bits per heavy atom. The van der Waals surface area contributed by atoms with E-state index >= 15 is 0 Å². The van der Waals surface area contributed by atoms with Gasteiger partial charge in [0.1, 0.15) is 22.9 Å². The summed E-state index contributed by atoms with van der Waals surface area (Å²) in [4.78, 5) is 9.47. The number of aromatic nitrogens is 2. The molecule has 0 amide bonds. The van der Waals surface area contributed by atoms with Crippen molar-refractivity contribution >= 4 is 31.1 Å². The lowest BCUT2D eigenvalue weighted by atomic mass is 10.3. The summed E-state index contributed by atoms with van der Waals surface area (Å²) in [6.45, 7) is 2.98. The molecule has 12 heteroatoms. The van der Waals surface area contributed by atoms with Crippen LogP contribution in [0.25, 0.3) is 11.0 Å². The molecule has 31 heavy (non-hydrogen) atoms. The number of hydrogen-bond acceptors (Lipinski definition) is 7. The number of sulfonamides is 2. The van der Waals surface area contributed by atoms with Gasteiger partial charge < -0.3 is 9.72 Å². The van der Waals surface area contributed by atoms with E-state index in [0.717, 1.165) is 0 Å². The summed E-state index contributed by atoms with van der Waals surface area (Å²) in [5.74, 6) is 0.543. The molecule has 1 aromatic carbocycles. The van der Waals surface area contributed by atoms with Gasteiger partial charge in [0.05, 0.1) is 4.90 Å². The smallest absolute Gasteiger partial charge is 0.245 e. The van der Waals surface area contributed by atoms with Crippen LogP contribution in [0.2, 0.25) is 0 Å². The molecule has 3 aromatic rings. The molecular formula is C19H23N5O5S2. The third kappa shape index (κ3) is 4.72. The first-order valence-electron chi connectivity index (χ1n) is 9.65. The highest BCUT2D eigenvalue weighted by Crippen LogP contribution is 2.25. The number of aromatic amines is 1. The van der Waals surface area contributed by atoms with E-state index in [1.807, 2.05) is 0 Å². The Labute approximate surface area is 180 Å². The van der Waals surface area contributed by atoms with Gasteiger partial charge in [-0.1, -0.05) is 0 Å². The topological polar surface area (TPSA) is 139 Å². The Morgan fingerprint density at radius 2 is 1.74 bits per heavy atom. The molecule has 0 saturated carbocycles. The number of benzene rings is 1. The van der Waals surface area contributed by atoms with E-state index in [-0.39, 0.29) is 9.79 Å². The summed E-state index contributed by atoms with van der Waals surface area (Å²) >= 11 is 0. The van der Waals surface area contributed by atoms with Crippen molar-refractivity contribution in [3.63, 3.8) is 0 Å². The third-order valence-electron chi connectivity index (χ3n) is 5.19. The number of piperazine rings is 1. The van der Waals surface area contributed by atoms with Crippen LogP contribution in [0.15, 0.2) is 58.6 Å². The van der Waals surface area contributed by atoms with Gasteiger partial charge in [-0.25, -0.2) is 27.0 Å². The average Bonchev–Trinajstić information content (AvgIpc) is 3.19. The van der Waals surface area contributed by atoms with Crippen LogP contribution >= 0.6 is 0 Å². The minimum atomic E-state index is -3.73. The van der Waals surface area contributed by atoms with Gasteiger partial charge in [0.2, 0.25) is 20.0 Å². The van der Waals surface area contributed by atoms with Gasteiger partial charge in [-0.15, -0.1) is 0 Å². The zero-order valence-corrected chi connectivity index (χ0v) is 18.3. The predicted molar refractivity (Wildman–Crippen MR) is 115 cm³/mol. The van der Waals surface area contributed by atoms with Crippen molar-refractivity contribution in [2.45, 2.75) is 9.79 Å². The minimum Gasteiger partial charge on any atom is -0.492 e. The molecule has 0 spiro atoms. The lowest BCUT2D eigenvalue weighted by Crippen LogP contribution is -2.49. The number of rotatable bonds is 7. The molecule has 3 heterocycles. The summed E-state index contributed by atoms with van der Waals surface area (Å²) in [6, 6.07) is 9.37. The molecule has 166 valence electrons. The van der Waals surface area contributed by atoms with Crippen molar-refractivity contribution in [1.82, 2.24) is 19.2 Å². The fourth-order valence-corrected chi connectivity index (χ4v) is 5.58. The van der Waals surface area contributed by atoms with E-state index in [4.69, 9.17) is 9.88 Å². The van der Waals surface area contributed by atoms with Gasteiger partial charge in [-0.05, 0) is 36.4 Å². The Bertz CT molecular complexity index is 1260. The standard InChI is InChI=1S/C19H23N5O5S2/c20-30(25,26)16-5-3-15(4-6-16)29-13-12-23-8-10-24(11-9-23)31(27,28)18-14-22-19-17(18)2-1-7-21-19/h1-7,14H,8-13H2,(H,21,22)(H2,20,25,26). The van der Waals surface area contributed by atoms with Crippen molar-refractivity contribution in [3.05, 3.63) is 48.8 Å². The fourth-order valence-electron chi connectivity index (χ4n) is 3.49. The number of nitrogens with two attached hydrogens (primary N) is 1. The second-order valence-electron chi connectivity index (χ2n) is 7.16. The molecule has 0 atom stereocenters. The Hall–Kier alpha value is -2.51. The van der Waals surface area contributed by atoms with Crippen LogP contribution in [-0.4, -0.2) is 75.3 Å². The number of ether oxygens (including phenoxy) is 1. The largest absolute Gasteiger partial charge is 0.492 e. The molecule has 1 fully saturated rings. The number of H-pyrrole nitrogens is 1. The highest BCUT2D eigenvalue weighted by atomic mass is 32.2. The van der Waals surface area contributed by atoms with E-state index in [9.17, 15) is 16.8 Å². The number of nitrogens with zero attached hydrogens (tertiary/aromatic N) is 3. The first kappa shape index (κ1) is 21.7. The second kappa shape index (κ2) is 8.55. The third-order valence-corrected chi connectivity index (χ3v) is 8.06. The lowest BCUT2D eigenvalue weighted by molar-refractivity contribution is 0.159. The minimum absolute atomic E-state index is 0.0307. The zero-order valence-electron chi connectivity index (χ0n) is 16.6. The lowest BCUT2D eigenvalue weighted by Gasteiger charge is -2.33. The van der Waals surface area contributed by atoms with E-state index in [0.29, 0.717) is 56.1 Å². The molecule has 2 aromatic heterocycles. The van der Waals surface area contributed by atoms with Gasteiger partial charge >= 0.3 is 0 Å². The molecule has 10 nitrogen and oxygen atoms in total. The van der Waals surface area contributed by atoms with E-state index < -0.39 is 20.0 Å². The van der Waals surface area contributed by atoms with Crippen molar-refractivity contribution in [2.24, 2.45) is 5.14 Å². The molecule has 0 aliphatic carbocycles. The van der Waals surface area contributed by atoms with Gasteiger partial charge in [-0.3, -0.25) is 4.90 Å². The zero-order chi connectivity index (χ0) is 22.1. The first-order chi connectivity index (χ1) is 14.7. The van der Waals surface area contributed by atoms with Crippen LogP contribution in [0.1, 0.15) is 0 Å². The molecule has 0 radical (unpaired) electrons. The van der Waals surface area contributed by atoms with Crippen LogP contribution in [0.4, 0.5) is 0 Å². The van der Waals surface area contributed by atoms with Gasteiger partial charge in [0.15, 0.2) is 0 Å². The van der Waals surface area contributed by atoms with Crippen molar-refractivity contribution in [1.29, 1.82) is 0 Å². The van der Waals surface area contributed by atoms with Crippen LogP contribution in [0.5, 0.6) is 5.75 Å². The number of nitrogens with one attached hydrogen (secondary N) is 1. The molecule has 1 aliphatic rings. The van der Waals surface area contributed by atoms with Gasteiger partial charge in [0.25, 0.3) is 0 Å². The number of pyridine rings is 1. The van der Waals surface area contributed by atoms with Gasteiger partial charge in [0, 0.05) is 50.5 Å². The number of hydrogen-bond donors (Lipinski definition) is 2. The first-order valence-corrected chi connectivity index (χ1v) is 12.6. The quantitative estimate of drug-likeness (QED) is 0.521. The summed E-state index contributed by atoms with van der Waals surface area (Å²) in [5, 5.41) is 5.67. The molecule has 0 unspecified atom stereocenters. The number of primary sulfonamides is 1. The fraction of sp³-hybridized carbons (Fsp3) is 0.316. The highest BCUT2D eigenvalue weighted by Gasteiger charge is 2.30. The molecule has 1 aliphatic heterocycles. The predicted octanol–water partition coefficient (Wildman–Crippen LogP) is 0.596. The Kier molecular flexibility index (Phi) is 5.99. The summed E-state index contributed by atoms with van der Waals surface area (Å²) < 4.78 is 55.8. The molecule has 4 rings (SSSR count). The normalized spacial score (nSPS) is 16.5. The maximum atomic E-state index is 13.0. The van der Waals surface area contributed by atoms with Crippen LogP contribution in [0, 0.1) is 0 Å². The Morgan fingerprint density at radius 3 is 2.42 bits per heavy atom. The maximum absolute atomic E-state index is 13.0. The maximum Gasteiger partial charge on any atom is 0.245 e. The van der Waals surface area contributed by atoms with Crippen molar-refractivity contribution in [2.75, 3.05) is 39.3 Å².